The molecule has 0 saturated heterocycles. The molecule has 6 nitrogen and oxygen atoms in total. The SMILES string of the molecule is NC(=O)COc1ccc(CNC(C(=O)O)C2CC2)cc1. The van der Waals surface area contributed by atoms with Crippen molar-refractivity contribution >= 4 is 11.9 Å². The summed E-state index contributed by atoms with van der Waals surface area (Å²) in [4.78, 5) is 21.7. The molecule has 1 aliphatic rings. The molecule has 6 heteroatoms. The number of ether oxygens (including phenoxy) is 1. The molecule has 1 amide bonds. The van der Waals surface area contributed by atoms with Crippen LogP contribution in [0.25, 0.3) is 0 Å². The minimum Gasteiger partial charge on any atom is -0.484 e. The van der Waals surface area contributed by atoms with Gasteiger partial charge in [-0.25, -0.2) is 0 Å². The molecular weight excluding hydrogens is 260 g/mol. The van der Waals surface area contributed by atoms with Crippen molar-refractivity contribution in [1.82, 2.24) is 5.32 Å². The van der Waals surface area contributed by atoms with Gasteiger partial charge < -0.3 is 20.9 Å². The van der Waals surface area contributed by atoms with Gasteiger partial charge in [0, 0.05) is 6.54 Å². The third-order valence-corrected chi connectivity index (χ3v) is 3.19. The first-order valence-electron chi connectivity index (χ1n) is 6.52. The van der Waals surface area contributed by atoms with E-state index in [0.717, 1.165) is 18.4 Å². The van der Waals surface area contributed by atoms with E-state index >= 15 is 0 Å². The number of carboxylic acids is 1. The molecule has 0 bridgehead atoms. The smallest absolute Gasteiger partial charge is 0.320 e. The normalized spacial score (nSPS) is 15.6. The largest absolute Gasteiger partial charge is 0.484 e. The number of nitrogens with one attached hydrogen (secondary N) is 1. The molecule has 0 aromatic heterocycles. The number of aliphatic carboxylic acids is 1. The zero-order valence-corrected chi connectivity index (χ0v) is 11.0. The van der Waals surface area contributed by atoms with Crippen LogP contribution >= 0.6 is 0 Å². The predicted molar refractivity (Wildman–Crippen MR) is 72.1 cm³/mol. The fourth-order valence-corrected chi connectivity index (χ4v) is 1.97. The highest BCUT2D eigenvalue weighted by Crippen LogP contribution is 2.32. The summed E-state index contributed by atoms with van der Waals surface area (Å²) in [6, 6.07) is 6.64. The lowest BCUT2D eigenvalue weighted by Gasteiger charge is -2.13. The molecule has 1 unspecified atom stereocenters. The van der Waals surface area contributed by atoms with Crippen LogP contribution < -0.4 is 15.8 Å². The van der Waals surface area contributed by atoms with Gasteiger partial charge in [0.2, 0.25) is 0 Å². The summed E-state index contributed by atoms with van der Waals surface area (Å²) in [5.74, 6) is -0.506. The molecule has 0 spiro atoms. The van der Waals surface area contributed by atoms with Crippen LogP contribution in [0.3, 0.4) is 0 Å². The first-order chi connectivity index (χ1) is 9.56. The van der Waals surface area contributed by atoms with E-state index < -0.39 is 17.9 Å². The van der Waals surface area contributed by atoms with E-state index in [4.69, 9.17) is 15.6 Å². The Morgan fingerprint density at radius 2 is 2.00 bits per heavy atom. The highest BCUT2D eigenvalue weighted by Gasteiger charge is 2.35. The second-order valence-electron chi connectivity index (χ2n) is 4.93. The van der Waals surface area contributed by atoms with Crippen LogP contribution in [0.2, 0.25) is 0 Å². The second kappa shape index (κ2) is 6.38. The van der Waals surface area contributed by atoms with E-state index in [-0.39, 0.29) is 12.5 Å². The Morgan fingerprint density at radius 3 is 2.50 bits per heavy atom. The Hall–Kier alpha value is -2.08. The summed E-state index contributed by atoms with van der Waals surface area (Å²) < 4.78 is 5.15. The Bertz CT molecular complexity index is 482. The maximum Gasteiger partial charge on any atom is 0.320 e. The van der Waals surface area contributed by atoms with Crippen molar-refractivity contribution < 1.29 is 19.4 Å². The maximum absolute atomic E-state index is 11.1. The van der Waals surface area contributed by atoms with E-state index in [1.807, 2.05) is 12.1 Å². The van der Waals surface area contributed by atoms with Crippen LogP contribution in [0.15, 0.2) is 24.3 Å². The Morgan fingerprint density at radius 1 is 1.35 bits per heavy atom. The van der Waals surface area contributed by atoms with E-state index in [9.17, 15) is 9.59 Å². The fourth-order valence-electron chi connectivity index (χ4n) is 1.97. The number of benzene rings is 1. The van der Waals surface area contributed by atoms with Crippen LogP contribution in [-0.2, 0) is 16.1 Å². The lowest BCUT2D eigenvalue weighted by Crippen LogP contribution is -2.38. The number of hydrogen-bond acceptors (Lipinski definition) is 4. The van der Waals surface area contributed by atoms with Crippen LogP contribution in [0.1, 0.15) is 18.4 Å². The van der Waals surface area contributed by atoms with Crippen molar-refractivity contribution in [3.05, 3.63) is 29.8 Å². The van der Waals surface area contributed by atoms with Crippen molar-refractivity contribution in [2.75, 3.05) is 6.61 Å². The molecule has 108 valence electrons. The Kier molecular flexibility index (Phi) is 4.57. The number of amides is 1. The zero-order valence-electron chi connectivity index (χ0n) is 11.0. The van der Waals surface area contributed by atoms with Crippen molar-refractivity contribution in [2.24, 2.45) is 11.7 Å². The maximum atomic E-state index is 11.1. The lowest BCUT2D eigenvalue weighted by molar-refractivity contribution is -0.140. The van der Waals surface area contributed by atoms with Gasteiger partial charge in [-0.2, -0.15) is 0 Å². The van der Waals surface area contributed by atoms with E-state index in [1.165, 1.54) is 0 Å². The molecule has 0 aliphatic heterocycles. The molecule has 1 atom stereocenters. The number of carboxylic acid groups (broad SMARTS) is 1. The summed E-state index contributed by atoms with van der Waals surface area (Å²) in [5, 5.41) is 12.2. The van der Waals surface area contributed by atoms with Gasteiger partial charge in [0.1, 0.15) is 11.8 Å². The van der Waals surface area contributed by atoms with Crippen molar-refractivity contribution in [1.29, 1.82) is 0 Å². The van der Waals surface area contributed by atoms with Crippen molar-refractivity contribution in [3.8, 4) is 5.75 Å². The molecule has 1 fully saturated rings. The molecule has 1 aliphatic carbocycles. The summed E-state index contributed by atoms with van der Waals surface area (Å²) in [5.41, 5.74) is 5.95. The summed E-state index contributed by atoms with van der Waals surface area (Å²) in [6.45, 7) is 0.337. The summed E-state index contributed by atoms with van der Waals surface area (Å²) in [6.07, 6.45) is 1.95. The quantitative estimate of drug-likeness (QED) is 0.643. The number of primary amides is 1. The van der Waals surface area contributed by atoms with Gasteiger partial charge in [-0.05, 0) is 36.5 Å². The lowest BCUT2D eigenvalue weighted by atomic mass is 10.1. The van der Waals surface area contributed by atoms with Gasteiger partial charge in [-0.3, -0.25) is 9.59 Å². The van der Waals surface area contributed by atoms with Gasteiger partial charge in [0.25, 0.3) is 5.91 Å². The Balaban J connectivity index is 1.83. The molecule has 1 saturated carbocycles. The highest BCUT2D eigenvalue weighted by atomic mass is 16.5. The van der Waals surface area contributed by atoms with Gasteiger partial charge in [0.05, 0.1) is 0 Å². The number of rotatable bonds is 8. The summed E-state index contributed by atoms with van der Waals surface area (Å²) >= 11 is 0. The average molecular weight is 278 g/mol. The van der Waals surface area contributed by atoms with E-state index in [1.54, 1.807) is 12.1 Å². The standard InChI is InChI=1S/C14H18N2O4/c15-12(17)8-20-11-5-1-9(2-6-11)7-16-13(14(18)19)10-3-4-10/h1-2,5-6,10,13,16H,3-4,7-8H2,(H2,15,17)(H,18,19). The third kappa shape index (κ3) is 4.24. The van der Waals surface area contributed by atoms with Gasteiger partial charge in [0.15, 0.2) is 6.61 Å². The highest BCUT2D eigenvalue weighted by molar-refractivity contribution is 5.75. The zero-order chi connectivity index (χ0) is 14.5. The van der Waals surface area contributed by atoms with Gasteiger partial charge in [-0.15, -0.1) is 0 Å². The van der Waals surface area contributed by atoms with Crippen molar-refractivity contribution in [2.45, 2.75) is 25.4 Å². The molecule has 2 rings (SSSR count). The molecule has 0 heterocycles. The molecule has 1 aromatic carbocycles. The van der Waals surface area contributed by atoms with Gasteiger partial charge in [-0.1, -0.05) is 12.1 Å². The first-order valence-corrected chi connectivity index (χ1v) is 6.52. The number of carbonyl (C=O) groups is 2. The van der Waals surface area contributed by atoms with Crippen LogP contribution in [0.5, 0.6) is 5.75 Å². The first kappa shape index (κ1) is 14.3. The molecular formula is C14H18N2O4. The van der Waals surface area contributed by atoms with Crippen LogP contribution in [0, 0.1) is 5.92 Å². The third-order valence-electron chi connectivity index (χ3n) is 3.19. The predicted octanol–water partition coefficient (Wildman–Crippen LogP) is 0.503. The monoisotopic (exact) mass is 278 g/mol. The van der Waals surface area contributed by atoms with Crippen LogP contribution in [-0.4, -0.2) is 29.6 Å². The number of carbonyl (C=O) groups excluding carboxylic acids is 1. The minimum atomic E-state index is -0.797. The summed E-state index contributed by atoms with van der Waals surface area (Å²) in [7, 11) is 0. The number of hydrogen-bond donors (Lipinski definition) is 3. The van der Waals surface area contributed by atoms with Gasteiger partial charge >= 0.3 is 5.97 Å². The molecule has 0 radical (unpaired) electrons. The number of nitrogens with two attached hydrogens (primary N) is 1. The van der Waals surface area contributed by atoms with E-state index in [2.05, 4.69) is 5.32 Å². The minimum absolute atomic E-state index is 0.152. The fraction of sp³-hybridized carbons (Fsp3) is 0.429. The van der Waals surface area contributed by atoms with E-state index in [0.29, 0.717) is 12.3 Å². The molecule has 4 N–H and O–H groups in total. The Labute approximate surface area is 116 Å². The second-order valence-corrected chi connectivity index (χ2v) is 4.93. The molecule has 1 aromatic rings. The molecule has 20 heavy (non-hydrogen) atoms. The van der Waals surface area contributed by atoms with Crippen LogP contribution in [0.4, 0.5) is 0 Å². The topological polar surface area (TPSA) is 102 Å². The average Bonchev–Trinajstić information content (AvgIpc) is 3.22. The van der Waals surface area contributed by atoms with Crippen molar-refractivity contribution in [3.63, 3.8) is 0 Å².